The zero-order chi connectivity index (χ0) is 19.1. The van der Waals surface area contributed by atoms with Crippen LogP contribution < -0.4 is 0 Å². The molecule has 27 heavy (non-hydrogen) atoms. The number of aliphatic hydroxyl groups excluding tert-OH is 1. The second kappa shape index (κ2) is 6.64. The number of nitrogens with zero attached hydrogens (tertiary/aromatic N) is 4. The minimum Gasteiger partial charge on any atom is -0.465 e. The maximum absolute atomic E-state index is 12.3. The van der Waals surface area contributed by atoms with Crippen LogP contribution in [0.4, 0.5) is 0 Å². The Labute approximate surface area is 155 Å². The molecular formula is C19H20N4O4. The Balaban J connectivity index is 1.77. The van der Waals surface area contributed by atoms with Crippen LogP contribution in [0.5, 0.6) is 0 Å². The third-order valence-corrected chi connectivity index (χ3v) is 4.92. The Morgan fingerprint density at radius 3 is 2.78 bits per heavy atom. The number of esters is 1. The van der Waals surface area contributed by atoms with Crippen LogP contribution >= 0.6 is 0 Å². The average Bonchev–Trinajstić information content (AvgIpc) is 3.12. The SMILES string of the molecule is COC(=O)c1ccn(-c2cccc(C(O)O)c2)c1[C@@H]1C[C@H]1c1cn(C)nn1. The Morgan fingerprint density at radius 1 is 1.30 bits per heavy atom. The molecule has 0 saturated heterocycles. The van der Waals surface area contributed by atoms with E-state index in [1.807, 2.05) is 23.9 Å². The van der Waals surface area contributed by atoms with Crippen molar-refractivity contribution in [2.45, 2.75) is 24.5 Å². The molecule has 4 rings (SSSR count). The smallest absolute Gasteiger partial charge is 0.339 e. The van der Waals surface area contributed by atoms with Gasteiger partial charge in [0.25, 0.3) is 0 Å². The number of aromatic nitrogens is 4. The molecule has 3 aromatic rings. The number of ether oxygens (including phenoxy) is 1. The molecule has 8 heteroatoms. The third-order valence-electron chi connectivity index (χ3n) is 4.92. The average molecular weight is 368 g/mol. The highest BCUT2D eigenvalue weighted by Gasteiger charge is 2.45. The number of methoxy groups -OCH3 is 1. The molecule has 1 saturated carbocycles. The summed E-state index contributed by atoms with van der Waals surface area (Å²) in [5.41, 5.74) is 3.36. The number of hydrogen-bond acceptors (Lipinski definition) is 6. The quantitative estimate of drug-likeness (QED) is 0.524. The molecule has 2 aromatic heterocycles. The number of carbonyl (C=O) groups is 1. The van der Waals surface area contributed by atoms with E-state index in [0.717, 1.165) is 23.5 Å². The summed E-state index contributed by atoms with van der Waals surface area (Å²) < 4.78 is 8.51. The van der Waals surface area contributed by atoms with Gasteiger partial charge < -0.3 is 19.5 Å². The predicted octanol–water partition coefficient (Wildman–Crippen LogP) is 1.65. The summed E-state index contributed by atoms with van der Waals surface area (Å²) in [5, 5.41) is 27.1. The number of aryl methyl sites for hydroxylation is 1. The lowest BCUT2D eigenvalue weighted by molar-refractivity contribution is -0.0424. The summed E-state index contributed by atoms with van der Waals surface area (Å²) in [6.07, 6.45) is 2.99. The topological polar surface area (TPSA) is 102 Å². The van der Waals surface area contributed by atoms with Gasteiger partial charge in [-0.3, -0.25) is 4.68 Å². The summed E-state index contributed by atoms with van der Waals surface area (Å²) >= 11 is 0. The van der Waals surface area contributed by atoms with E-state index < -0.39 is 12.3 Å². The van der Waals surface area contributed by atoms with E-state index in [-0.39, 0.29) is 11.8 Å². The molecule has 1 fully saturated rings. The summed E-state index contributed by atoms with van der Waals surface area (Å²) in [6, 6.07) is 8.66. The van der Waals surface area contributed by atoms with Crippen molar-refractivity contribution in [2.24, 2.45) is 7.05 Å². The first-order valence-electron chi connectivity index (χ1n) is 8.62. The maximum atomic E-state index is 12.3. The van der Waals surface area contributed by atoms with Crippen molar-refractivity contribution in [3.63, 3.8) is 0 Å². The fraction of sp³-hybridized carbons (Fsp3) is 0.316. The van der Waals surface area contributed by atoms with Crippen molar-refractivity contribution in [3.05, 3.63) is 65.2 Å². The largest absolute Gasteiger partial charge is 0.465 e. The van der Waals surface area contributed by atoms with Gasteiger partial charge in [0.2, 0.25) is 0 Å². The number of benzene rings is 1. The van der Waals surface area contributed by atoms with Crippen LogP contribution in [0, 0.1) is 0 Å². The molecule has 1 aliphatic rings. The summed E-state index contributed by atoms with van der Waals surface area (Å²) in [7, 11) is 3.18. The van der Waals surface area contributed by atoms with Crippen molar-refractivity contribution in [2.75, 3.05) is 7.11 Å². The van der Waals surface area contributed by atoms with Gasteiger partial charge in [0, 0.05) is 48.2 Å². The highest BCUT2D eigenvalue weighted by molar-refractivity contribution is 5.91. The Bertz CT molecular complexity index is 991. The van der Waals surface area contributed by atoms with Crippen LogP contribution in [-0.4, -0.2) is 42.9 Å². The van der Waals surface area contributed by atoms with Crippen molar-refractivity contribution in [1.82, 2.24) is 19.6 Å². The second-order valence-electron chi connectivity index (χ2n) is 6.71. The Kier molecular flexibility index (Phi) is 4.29. The van der Waals surface area contributed by atoms with Crippen LogP contribution in [0.15, 0.2) is 42.7 Å². The highest BCUT2D eigenvalue weighted by atomic mass is 16.5. The Morgan fingerprint density at radius 2 is 2.11 bits per heavy atom. The first-order valence-corrected chi connectivity index (χ1v) is 8.62. The van der Waals surface area contributed by atoms with E-state index in [1.165, 1.54) is 7.11 Å². The molecule has 1 aliphatic carbocycles. The van der Waals surface area contributed by atoms with Gasteiger partial charge in [0.1, 0.15) is 0 Å². The molecule has 0 aliphatic heterocycles. The number of hydrogen-bond donors (Lipinski definition) is 2. The van der Waals surface area contributed by atoms with E-state index in [0.29, 0.717) is 11.1 Å². The van der Waals surface area contributed by atoms with E-state index >= 15 is 0 Å². The minimum atomic E-state index is -1.56. The summed E-state index contributed by atoms with van der Waals surface area (Å²) in [6.45, 7) is 0. The molecular weight excluding hydrogens is 348 g/mol. The van der Waals surface area contributed by atoms with E-state index in [9.17, 15) is 15.0 Å². The van der Waals surface area contributed by atoms with Gasteiger partial charge in [0.15, 0.2) is 6.29 Å². The van der Waals surface area contributed by atoms with Gasteiger partial charge in [-0.15, -0.1) is 5.10 Å². The van der Waals surface area contributed by atoms with Gasteiger partial charge in [-0.25, -0.2) is 4.79 Å². The molecule has 0 radical (unpaired) electrons. The van der Waals surface area contributed by atoms with Crippen LogP contribution in [0.3, 0.4) is 0 Å². The van der Waals surface area contributed by atoms with Crippen LogP contribution in [0.1, 0.15) is 51.9 Å². The van der Waals surface area contributed by atoms with E-state index in [1.54, 1.807) is 35.1 Å². The lowest BCUT2D eigenvalue weighted by atomic mass is 10.1. The fourth-order valence-corrected chi connectivity index (χ4v) is 3.53. The van der Waals surface area contributed by atoms with Gasteiger partial charge >= 0.3 is 5.97 Å². The monoisotopic (exact) mass is 368 g/mol. The zero-order valence-corrected chi connectivity index (χ0v) is 15.0. The maximum Gasteiger partial charge on any atom is 0.339 e. The first-order chi connectivity index (χ1) is 13.0. The van der Waals surface area contributed by atoms with Gasteiger partial charge in [0.05, 0.1) is 18.4 Å². The van der Waals surface area contributed by atoms with Gasteiger partial charge in [-0.05, 0) is 24.6 Å². The first kappa shape index (κ1) is 17.4. The van der Waals surface area contributed by atoms with Gasteiger partial charge in [-0.1, -0.05) is 17.3 Å². The van der Waals surface area contributed by atoms with Crippen molar-refractivity contribution in [3.8, 4) is 5.69 Å². The fourth-order valence-electron chi connectivity index (χ4n) is 3.53. The van der Waals surface area contributed by atoms with Crippen LogP contribution in [-0.2, 0) is 11.8 Å². The molecule has 140 valence electrons. The van der Waals surface area contributed by atoms with Crippen molar-refractivity contribution in [1.29, 1.82) is 0 Å². The Hall–Kier alpha value is -2.97. The molecule has 2 N–H and O–H groups in total. The lowest BCUT2D eigenvalue weighted by Crippen LogP contribution is -2.08. The number of aliphatic hydroxyl groups is 2. The molecule has 8 nitrogen and oxygen atoms in total. The van der Waals surface area contributed by atoms with Crippen LogP contribution in [0.2, 0.25) is 0 Å². The summed E-state index contributed by atoms with van der Waals surface area (Å²) in [5.74, 6) is -0.109. The standard InChI is InChI=1S/C19H20N4O4/c1-22-10-16(20-21-22)14-9-15(14)17-13(19(26)27-2)6-7-23(17)12-5-3-4-11(8-12)18(24)25/h3-8,10,14-15,18,24-25H,9H2,1-2H3/t14-,15-/m1/s1. The lowest BCUT2D eigenvalue weighted by Gasteiger charge is -2.13. The molecule has 0 amide bonds. The second-order valence-corrected chi connectivity index (χ2v) is 6.71. The molecule has 1 aromatic carbocycles. The van der Waals surface area contributed by atoms with E-state index in [4.69, 9.17) is 4.74 Å². The molecule has 0 spiro atoms. The van der Waals surface area contributed by atoms with Crippen molar-refractivity contribution < 1.29 is 19.7 Å². The number of carbonyl (C=O) groups excluding carboxylic acids is 1. The zero-order valence-electron chi connectivity index (χ0n) is 15.0. The minimum absolute atomic E-state index is 0.105. The number of rotatable bonds is 5. The van der Waals surface area contributed by atoms with Crippen LogP contribution in [0.25, 0.3) is 5.69 Å². The van der Waals surface area contributed by atoms with Crippen molar-refractivity contribution >= 4 is 5.97 Å². The normalized spacial score (nSPS) is 18.7. The van der Waals surface area contributed by atoms with E-state index in [2.05, 4.69) is 10.3 Å². The van der Waals surface area contributed by atoms with Gasteiger partial charge in [-0.2, -0.15) is 0 Å². The molecule has 2 heterocycles. The molecule has 0 unspecified atom stereocenters. The molecule has 2 atom stereocenters. The highest BCUT2D eigenvalue weighted by Crippen LogP contribution is 2.55. The third kappa shape index (κ3) is 3.13. The molecule has 0 bridgehead atoms. The summed E-state index contributed by atoms with van der Waals surface area (Å²) in [4.78, 5) is 12.3. The predicted molar refractivity (Wildman–Crippen MR) is 95.4 cm³/mol.